The third kappa shape index (κ3) is 9.17. The van der Waals surface area contributed by atoms with E-state index in [9.17, 15) is 18.0 Å². The molecule has 4 aromatic rings. The summed E-state index contributed by atoms with van der Waals surface area (Å²) in [4.78, 5) is 29.7. The van der Waals surface area contributed by atoms with Gasteiger partial charge in [-0.15, -0.1) is 0 Å². The molecular formula is C34H33Cl4N3O4S. The minimum absolute atomic E-state index is 0.0501. The molecule has 0 heterocycles. The van der Waals surface area contributed by atoms with E-state index in [1.807, 2.05) is 44.2 Å². The van der Waals surface area contributed by atoms with Crippen molar-refractivity contribution in [2.75, 3.05) is 10.8 Å². The Morgan fingerprint density at radius 3 is 2.11 bits per heavy atom. The number of rotatable bonds is 13. The van der Waals surface area contributed by atoms with Gasteiger partial charge in [0, 0.05) is 29.1 Å². The Labute approximate surface area is 290 Å². The molecule has 4 aromatic carbocycles. The number of benzene rings is 4. The van der Waals surface area contributed by atoms with Crippen LogP contribution in [0, 0.1) is 0 Å². The molecule has 0 radical (unpaired) electrons. The first-order valence-corrected chi connectivity index (χ1v) is 17.5. The first-order chi connectivity index (χ1) is 21.9. The van der Waals surface area contributed by atoms with Crippen molar-refractivity contribution in [2.45, 2.75) is 50.2 Å². The summed E-state index contributed by atoms with van der Waals surface area (Å²) in [5, 5.41) is 4.25. The molecule has 12 heteroatoms. The maximum Gasteiger partial charge on any atom is 0.264 e. The van der Waals surface area contributed by atoms with Gasteiger partial charge in [-0.3, -0.25) is 13.9 Å². The summed E-state index contributed by atoms with van der Waals surface area (Å²) in [5.41, 5.74) is 1.60. The highest BCUT2D eigenvalue weighted by Gasteiger charge is 2.35. The molecule has 2 atom stereocenters. The van der Waals surface area contributed by atoms with Gasteiger partial charge in [0.05, 0.1) is 20.6 Å². The molecular weight excluding hydrogens is 688 g/mol. The number of anilines is 1. The van der Waals surface area contributed by atoms with Crippen LogP contribution in [-0.4, -0.2) is 43.8 Å². The lowest BCUT2D eigenvalue weighted by atomic mass is 10.0. The predicted octanol–water partition coefficient (Wildman–Crippen LogP) is 8.05. The van der Waals surface area contributed by atoms with Gasteiger partial charge < -0.3 is 10.2 Å². The zero-order valence-corrected chi connectivity index (χ0v) is 29.0. The summed E-state index contributed by atoms with van der Waals surface area (Å²) < 4.78 is 29.2. The minimum Gasteiger partial charge on any atom is -0.352 e. The fraction of sp³-hybridized carbons (Fsp3) is 0.235. The van der Waals surface area contributed by atoms with Crippen LogP contribution in [-0.2, 0) is 32.6 Å². The molecule has 242 valence electrons. The maximum absolute atomic E-state index is 14.5. The average molecular weight is 722 g/mol. The molecule has 2 amide bonds. The molecule has 0 bridgehead atoms. The highest BCUT2D eigenvalue weighted by molar-refractivity contribution is 7.92. The average Bonchev–Trinajstić information content (AvgIpc) is 3.03. The minimum atomic E-state index is -4.30. The highest BCUT2D eigenvalue weighted by Crippen LogP contribution is 2.29. The van der Waals surface area contributed by atoms with Crippen molar-refractivity contribution in [2.24, 2.45) is 0 Å². The summed E-state index contributed by atoms with van der Waals surface area (Å²) in [5.74, 6) is -0.995. The summed E-state index contributed by atoms with van der Waals surface area (Å²) in [6.07, 6.45) is 0.851. The Bertz CT molecular complexity index is 1770. The maximum atomic E-state index is 14.5. The third-order valence-corrected chi connectivity index (χ3v) is 10.4. The van der Waals surface area contributed by atoms with E-state index in [4.69, 9.17) is 46.4 Å². The zero-order valence-electron chi connectivity index (χ0n) is 25.2. The number of halogens is 4. The van der Waals surface area contributed by atoms with Crippen LogP contribution in [0.15, 0.2) is 102 Å². The summed E-state index contributed by atoms with van der Waals surface area (Å²) in [6.45, 7) is 3.14. The van der Waals surface area contributed by atoms with Crippen LogP contribution in [0.25, 0.3) is 0 Å². The van der Waals surface area contributed by atoms with Crippen molar-refractivity contribution in [3.63, 3.8) is 0 Å². The van der Waals surface area contributed by atoms with Gasteiger partial charge in [0.15, 0.2) is 0 Å². The van der Waals surface area contributed by atoms with Crippen molar-refractivity contribution < 1.29 is 18.0 Å². The second kappa shape index (κ2) is 16.0. The van der Waals surface area contributed by atoms with Gasteiger partial charge in [-0.25, -0.2) is 8.42 Å². The first-order valence-electron chi connectivity index (χ1n) is 14.5. The number of nitrogens with one attached hydrogen (secondary N) is 1. The van der Waals surface area contributed by atoms with E-state index >= 15 is 0 Å². The van der Waals surface area contributed by atoms with E-state index in [2.05, 4.69) is 5.32 Å². The van der Waals surface area contributed by atoms with Crippen molar-refractivity contribution in [3.05, 3.63) is 128 Å². The molecule has 0 saturated heterocycles. The molecule has 0 saturated carbocycles. The lowest BCUT2D eigenvalue weighted by Crippen LogP contribution is -2.54. The van der Waals surface area contributed by atoms with Gasteiger partial charge in [0.1, 0.15) is 12.6 Å². The SMILES string of the molecule is CC[C@@H](C)NC(=O)[C@@H](Cc1ccccc1)N(Cc1ccc(Cl)c(Cl)c1)C(=O)CN(c1cccc(Cl)c1)S(=O)(=O)c1ccc(Cl)cc1. The van der Waals surface area contributed by atoms with Crippen LogP contribution >= 0.6 is 46.4 Å². The van der Waals surface area contributed by atoms with Crippen molar-refractivity contribution in [1.29, 1.82) is 0 Å². The largest absolute Gasteiger partial charge is 0.352 e. The molecule has 1 N–H and O–H groups in total. The van der Waals surface area contributed by atoms with E-state index < -0.39 is 28.5 Å². The Hall–Kier alpha value is -3.27. The molecule has 46 heavy (non-hydrogen) atoms. The lowest BCUT2D eigenvalue weighted by Gasteiger charge is -2.34. The molecule has 0 aliphatic rings. The monoisotopic (exact) mass is 719 g/mol. The molecule has 0 fully saturated rings. The van der Waals surface area contributed by atoms with Crippen LogP contribution in [0.1, 0.15) is 31.4 Å². The lowest BCUT2D eigenvalue weighted by molar-refractivity contribution is -0.140. The number of carbonyl (C=O) groups excluding carboxylic acids is 2. The number of carbonyl (C=O) groups is 2. The van der Waals surface area contributed by atoms with Gasteiger partial charge in [-0.05, 0) is 79.1 Å². The van der Waals surface area contributed by atoms with Crippen molar-refractivity contribution in [1.82, 2.24) is 10.2 Å². The van der Waals surface area contributed by atoms with Gasteiger partial charge in [-0.1, -0.05) is 95.8 Å². The first kappa shape index (κ1) is 35.6. The fourth-order valence-electron chi connectivity index (χ4n) is 4.72. The van der Waals surface area contributed by atoms with Gasteiger partial charge in [0.25, 0.3) is 10.0 Å². The van der Waals surface area contributed by atoms with E-state index in [0.717, 1.165) is 9.87 Å². The highest BCUT2D eigenvalue weighted by atomic mass is 35.5. The quantitative estimate of drug-likeness (QED) is 0.152. The van der Waals surface area contributed by atoms with Gasteiger partial charge in [0.2, 0.25) is 11.8 Å². The van der Waals surface area contributed by atoms with E-state index in [-0.39, 0.29) is 45.5 Å². The number of hydrogen-bond donors (Lipinski definition) is 1. The van der Waals surface area contributed by atoms with Crippen molar-refractivity contribution in [3.8, 4) is 0 Å². The van der Waals surface area contributed by atoms with Crippen LogP contribution in [0.4, 0.5) is 5.69 Å². The number of sulfonamides is 1. The molecule has 0 aromatic heterocycles. The summed E-state index contributed by atoms with van der Waals surface area (Å²) in [7, 11) is -4.30. The predicted molar refractivity (Wildman–Crippen MR) is 186 cm³/mol. The molecule has 0 aliphatic heterocycles. The molecule has 0 unspecified atom stereocenters. The molecule has 4 rings (SSSR count). The number of amides is 2. The summed E-state index contributed by atoms with van der Waals surface area (Å²) in [6, 6.07) is 24.9. The molecule has 0 aliphatic carbocycles. The van der Waals surface area contributed by atoms with Crippen LogP contribution < -0.4 is 9.62 Å². The fourth-order valence-corrected chi connectivity index (χ4v) is 6.76. The third-order valence-electron chi connectivity index (χ3n) is 7.39. The van der Waals surface area contributed by atoms with Crippen molar-refractivity contribution >= 4 is 73.9 Å². The second-order valence-corrected chi connectivity index (χ2v) is 14.3. The normalized spacial score (nSPS) is 12.7. The Balaban J connectivity index is 1.82. The topological polar surface area (TPSA) is 86.8 Å². The Morgan fingerprint density at radius 2 is 1.48 bits per heavy atom. The molecule has 0 spiro atoms. The number of nitrogens with zero attached hydrogens (tertiary/aromatic N) is 2. The van der Waals surface area contributed by atoms with Crippen LogP contribution in [0.5, 0.6) is 0 Å². The molecule has 7 nitrogen and oxygen atoms in total. The number of hydrogen-bond acceptors (Lipinski definition) is 4. The Kier molecular flexibility index (Phi) is 12.4. The zero-order chi connectivity index (χ0) is 33.4. The second-order valence-electron chi connectivity index (χ2n) is 10.7. The standard InChI is InChI=1S/C34H33Cl4N3O4S/c1-3-23(2)39-34(43)32(19-24-8-5-4-6-9-24)40(21-25-12-17-30(37)31(38)18-25)33(42)22-41(28-11-7-10-27(36)20-28)46(44,45)29-15-13-26(35)14-16-29/h4-18,20,23,32H,3,19,21-22H2,1-2H3,(H,39,43)/t23-,32-/m1/s1. The van der Waals surface area contributed by atoms with E-state index in [1.54, 1.807) is 36.4 Å². The van der Waals surface area contributed by atoms with E-state index in [0.29, 0.717) is 22.0 Å². The van der Waals surface area contributed by atoms with E-state index in [1.165, 1.54) is 35.2 Å². The van der Waals surface area contributed by atoms with Crippen LogP contribution in [0.2, 0.25) is 20.1 Å². The van der Waals surface area contributed by atoms with Gasteiger partial charge in [-0.2, -0.15) is 0 Å². The Morgan fingerprint density at radius 1 is 0.783 bits per heavy atom. The van der Waals surface area contributed by atoms with Crippen LogP contribution in [0.3, 0.4) is 0 Å². The summed E-state index contributed by atoms with van der Waals surface area (Å²) >= 11 is 24.8. The smallest absolute Gasteiger partial charge is 0.264 e. The van der Waals surface area contributed by atoms with Gasteiger partial charge >= 0.3 is 0 Å².